The third kappa shape index (κ3) is 8.14. The zero-order valence-corrected chi connectivity index (χ0v) is 18.9. The first kappa shape index (κ1) is 27.3. The molecule has 7 N–H and O–H groups in total. The van der Waals surface area contributed by atoms with Crippen LogP contribution in [0.25, 0.3) is 0 Å². The Morgan fingerprint density at radius 2 is 2.00 bits per heavy atom. The van der Waals surface area contributed by atoms with Gasteiger partial charge in [-0.25, -0.2) is 9.59 Å². The van der Waals surface area contributed by atoms with E-state index in [4.69, 9.17) is 35.2 Å². The van der Waals surface area contributed by atoms with E-state index in [2.05, 4.69) is 9.97 Å². The Morgan fingerprint density at radius 3 is 2.56 bits per heavy atom. The van der Waals surface area contributed by atoms with Gasteiger partial charge in [0, 0.05) is 18.0 Å². The van der Waals surface area contributed by atoms with Crippen LogP contribution in [0.2, 0.25) is 0 Å². The summed E-state index contributed by atoms with van der Waals surface area (Å²) < 4.78 is 23.2. The van der Waals surface area contributed by atoms with Crippen molar-refractivity contribution < 1.29 is 34.0 Å². The van der Waals surface area contributed by atoms with E-state index < -0.39 is 55.9 Å². The van der Waals surface area contributed by atoms with Crippen LogP contribution in [-0.2, 0) is 20.6 Å². The van der Waals surface area contributed by atoms with Crippen molar-refractivity contribution >= 4 is 13.4 Å². The van der Waals surface area contributed by atoms with Crippen LogP contribution in [0, 0.1) is 6.92 Å². The normalized spacial score (nSPS) is 18.4. The van der Waals surface area contributed by atoms with Crippen molar-refractivity contribution in [2.75, 3.05) is 25.3 Å². The van der Waals surface area contributed by atoms with Gasteiger partial charge in [0.15, 0.2) is 6.23 Å². The minimum absolute atomic E-state index is 0.0629. The Labute approximate surface area is 191 Å². The number of hydrogen-bond acceptors (Lipinski definition) is 10. The molecule has 2 aromatic heterocycles. The number of aromatic nitrogens is 4. The molecule has 1 unspecified atom stereocenters. The average Bonchev–Trinajstić information content (AvgIpc) is 3.24. The molecule has 3 heterocycles. The molecule has 0 aliphatic carbocycles. The van der Waals surface area contributed by atoms with Gasteiger partial charge in [0.2, 0.25) is 0 Å². The summed E-state index contributed by atoms with van der Waals surface area (Å²) in [6.45, 7) is 0.903. The van der Waals surface area contributed by atoms with Crippen LogP contribution in [0.4, 0.5) is 5.82 Å². The molecule has 0 amide bonds. The third-order valence-corrected chi connectivity index (χ3v) is 4.87. The van der Waals surface area contributed by atoms with Crippen molar-refractivity contribution in [1.82, 2.24) is 19.1 Å². The fourth-order valence-electron chi connectivity index (χ4n) is 2.69. The SMILES string of the molecule is Cc1cn([C@H]2C=C[C@@H](CO)O2)c(=O)[nH]c1=O.Nc1ccn(CC(CO)OCP(=O)(O)O)c(=O)n1. The summed E-state index contributed by atoms with van der Waals surface area (Å²) in [6.07, 6.45) is 3.43. The molecule has 16 heteroatoms. The van der Waals surface area contributed by atoms with Crippen LogP contribution in [0.15, 0.2) is 45.0 Å². The summed E-state index contributed by atoms with van der Waals surface area (Å²) in [5.74, 6) is 0.0629. The Kier molecular flexibility index (Phi) is 9.64. The zero-order chi connectivity index (χ0) is 25.5. The number of ether oxygens (including phenoxy) is 2. The first-order valence-corrected chi connectivity index (χ1v) is 11.6. The molecular formula is C18H26N5O10P. The largest absolute Gasteiger partial charge is 0.394 e. The number of aliphatic hydroxyl groups is 2. The fraction of sp³-hybridized carbons (Fsp3) is 0.444. The van der Waals surface area contributed by atoms with Crippen molar-refractivity contribution in [2.45, 2.75) is 31.9 Å². The number of hydrogen-bond donors (Lipinski definition) is 6. The van der Waals surface area contributed by atoms with Crippen LogP contribution >= 0.6 is 7.60 Å². The minimum atomic E-state index is -4.31. The van der Waals surface area contributed by atoms with Crippen LogP contribution in [0.3, 0.4) is 0 Å². The number of nitrogen functional groups attached to an aromatic ring is 1. The summed E-state index contributed by atoms with van der Waals surface area (Å²) in [5.41, 5.74) is 4.18. The van der Waals surface area contributed by atoms with Gasteiger partial charge in [0.25, 0.3) is 5.56 Å². The molecule has 15 nitrogen and oxygen atoms in total. The lowest BCUT2D eigenvalue weighted by Gasteiger charge is -2.16. The molecule has 0 saturated carbocycles. The molecule has 0 bridgehead atoms. The summed E-state index contributed by atoms with van der Waals surface area (Å²) in [6, 6.07) is 1.39. The van der Waals surface area contributed by atoms with Gasteiger partial charge < -0.3 is 35.2 Å². The number of aryl methyl sites for hydroxylation is 1. The number of nitrogens with one attached hydrogen (secondary N) is 1. The molecule has 0 fully saturated rings. The molecule has 0 aromatic carbocycles. The van der Waals surface area contributed by atoms with Crippen LogP contribution in [-0.4, -0.2) is 70.9 Å². The van der Waals surface area contributed by atoms with E-state index in [-0.39, 0.29) is 19.0 Å². The Morgan fingerprint density at radius 1 is 1.29 bits per heavy atom. The predicted octanol–water partition coefficient (Wildman–Crippen LogP) is -2.37. The number of aromatic amines is 1. The van der Waals surface area contributed by atoms with Gasteiger partial charge in [-0.05, 0) is 19.1 Å². The molecule has 188 valence electrons. The lowest BCUT2D eigenvalue weighted by atomic mass is 10.3. The fourth-order valence-corrected chi connectivity index (χ4v) is 3.10. The number of rotatable bonds is 8. The van der Waals surface area contributed by atoms with Gasteiger partial charge in [-0.15, -0.1) is 0 Å². The van der Waals surface area contributed by atoms with E-state index >= 15 is 0 Å². The van der Waals surface area contributed by atoms with Gasteiger partial charge in [0.1, 0.15) is 18.3 Å². The maximum atomic E-state index is 11.5. The van der Waals surface area contributed by atoms with E-state index in [1.807, 2.05) is 0 Å². The third-order valence-electron chi connectivity index (χ3n) is 4.38. The Balaban J connectivity index is 0.000000241. The second-order valence-corrected chi connectivity index (χ2v) is 8.75. The number of anilines is 1. The highest BCUT2D eigenvalue weighted by Crippen LogP contribution is 2.34. The van der Waals surface area contributed by atoms with Crippen molar-refractivity contribution in [1.29, 1.82) is 0 Å². The number of H-pyrrole nitrogens is 1. The molecule has 0 saturated heterocycles. The molecule has 34 heavy (non-hydrogen) atoms. The molecule has 0 radical (unpaired) electrons. The monoisotopic (exact) mass is 503 g/mol. The minimum Gasteiger partial charge on any atom is -0.394 e. The van der Waals surface area contributed by atoms with Gasteiger partial charge in [-0.3, -0.25) is 23.5 Å². The van der Waals surface area contributed by atoms with Crippen molar-refractivity contribution in [3.8, 4) is 0 Å². The Hall–Kier alpha value is -2.91. The topological polar surface area (TPSA) is 232 Å². The predicted molar refractivity (Wildman–Crippen MR) is 118 cm³/mol. The van der Waals surface area contributed by atoms with Crippen molar-refractivity contribution in [3.63, 3.8) is 0 Å². The molecule has 3 rings (SSSR count). The zero-order valence-electron chi connectivity index (χ0n) is 18.1. The van der Waals surface area contributed by atoms with Crippen LogP contribution < -0.4 is 22.7 Å². The van der Waals surface area contributed by atoms with Gasteiger partial charge >= 0.3 is 19.0 Å². The molecular weight excluding hydrogens is 477 g/mol. The average molecular weight is 503 g/mol. The number of aliphatic hydroxyl groups excluding tert-OH is 2. The number of nitrogens with two attached hydrogens (primary N) is 1. The molecule has 0 spiro atoms. The summed E-state index contributed by atoms with van der Waals surface area (Å²) >= 11 is 0. The summed E-state index contributed by atoms with van der Waals surface area (Å²) in [5, 5.41) is 17.9. The van der Waals surface area contributed by atoms with Crippen LogP contribution in [0.5, 0.6) is 0 Å². The van der Waals surface area contributed by atoms with Gasteiger partial charge in [-0.2, -0.15) is 4.98 Å². The molecule has 3 atom stereocenters. The highest BCUT2D eigenvalue weighted by Gasteiger charge is 2.21. The van der Waals surface area contributed by atoms with E-state index in [1.165, 1.54) is 23.0 Å². The highest BCUT2D eigenvalue weighted by atomic mass is 31.2. The van der Waals surface area contributed by atoms with Crippen molar-refractivity contribution in [3.05, 3.63) is 67.5 Å². The summed E-state index contributed by atoms with van der Waals surface area (Å²) in [7, 11) is -4.31. The quantitative estimate of drug-likeness (QED) is 0.164. The lowest BCUT2D eigenvalue weighted by molar-refractivity contribution is -0.0104. The smallest absolute Gasteiger partial charge is 0.350 e. The first-order valence-electron chi connectivity index (χ1n) is 9.80. The highest BCUT2D eigenvalue weighted by molar-refractivity contribution is 7.51. The van der Waals surface area contributed by atoms with E-state index in [1.54, 1.807) is 19.1 Å². The first-order chi connectivity index (χ1) is 15.9. The standard InChI is InChI=1S/C10H12N2O4.C8H14N3O6P/c1-6-4-12(10(15)11-9(6)14)8-3-2-7(5-13)16-8;9-7-1-2-11(8(13)10-7)3-6(4-12)17-5-18(14,15)16/h2-4,7-8,13H,5H2,1H3,(H,11,14,15);1-2,6,12H,3-5H2,(H2,9,10,13)(H2,14,15,16)/t7-,8+;/m0./s1. The molecule has 2 aromatic rings. The lowest BCUT2D eigenvalue weighted by Crippen LogP contribution is -2.33. The maximum absolute atomic E-state index is 11.5. The second kappa shape index (κ2) is 12.0. The van der Waals surface area contributed by atoms with E-state index in [9.17, 15) is 18.9 Å². The van der Waals surface area contributed by atoms with Crippen LogP contribution in [0.1, 0.15) is 11.8 Å². The van der Waals surface area contributed by atoms with Crippen molar-refractivity contribution in [2.24, 2.45) is 0 Å². The Bertz CT molecular complexity index is 1220. The maximum Gasteiger partial charge on any atom is 0.350 e. The number of nitrogens with zero attached hydrogens (tertiary/aromatic N) is 3. The van der Waals surface area contributed by atoms with Gasteiger partial charge in [-0.1, -0.05) is 6.08 Å². The van der Waals surface area contributed by atoms with E-state index in [0.717, 1.165) is 4.57 Å². The molecule has 1 aliphatic rings. The van der Waals surface area contributed by atoms with E-state index in [0.29, 0.717) is 5.56 Å². The second-order valence-electron chi connectivity index (χ2n) is 7.16. The molecule has 1 aliphatic heterocycles. The van der Waals surface area contributed by atoms with Gasteiger partial charge in [0.05, 0.1) is 25.9 Å². The summed E-state index contributed by atoms with van der Waals surface area (Å²) in [4.78, 5) is 56.9.